The summed E-state index contributed by atoms with van der Waals surface area (Å²) in [5.41, 5.74) is 0.596. The van der Waals surface area contributed by atoms with Gasteiger partial charge in [-0.25, -0.2) is 0 Å². The van der Waals surface area contributed by atoms with E-state index in [9.17, 15) is 4.79 Å². The second-order valence-electron chi connectivity index (χ2n) is 11.5. The van der Waals surface area contributed by atoms with Gasteiger partial charge in [0.05, 0.1) is 12.2 Å². The number of rotatable bonds is 8. The molecule has 4 rings (SSSR count). The van der Waals surface area contributed by atoms with Gasteiger partial charge in [-0.15, -0.1) is 0 Å². The fraction of sp³-hybridized carbons (Fsp3) is 0.962. The van der Waals surface area contributed by atoms with Crippen molar-refractivity contribution in [1.29, 1.82) is 0 Å². The first-order valence-corrected chi connectivity index (χ1v) is 12.6. The lowest BCUT2D eigenvalue weighted by atomic mass is 9.44. The third kappa shape index (κ3) is 4.02. The summed E-state index contributed by atoms with van der Waals surface area (Å²) in [6.07, 6.45) is 11.3. The largest absolute Gasteiger partial charge is 0.359 e. The third-order valence-electron chi connectivity index (χ3n) is 10.4. The van der Waals surface area contributed by atoms with Crippen molar-refractivity contribution in [2.45, 2.75) is 84.3 Å². The molecule has 31 heavy (non-hydrogen) atoms. The Morgan fingerprint density at radius 1 is 0.871 bits per heavy atom. The van der Waals surface area contributed by atoms with E-state index in [2.05, 4.69) is 20.8 Å². The molecule has 0 heterocycles. The van der Waals surface area contributed by atoms with Crippen LogP contribution in [0.4, 0.5) is 0 Å². The molecule has 0 aromatic heterocycles. The zero-order chi connectivity index (χ0) is 22.2. The van der Waals surface area contributed by atoms with Crippen LogP contribution in [0, 0.1) is 46.3 Å². The number of hydrogen-bond donors (Lipinski definition) is 0. The molecule has 4 saturated carbocycles. The van der Waals surface area contributed by atoms with Crippen LogP contribution >= 0.6 is 0 Å². The molecule has 4 fully saturated rings. The van der Waals surface area contributed by atoms with Crippen molar-refractivity contribution in [2.75, 3.05) is 27.8 Å². The number of carbonyl (C=O) groups is 1. The van der Waals surface area contributed by atoms with Gasteiger partial charge in [0.1, 0.15) is 19.9 Å². The highest BCUT2D eigenvalue weighted by atomic mass is 16.7. The highest BCUT2D eigenvalue weighted by Crippen LogP contribution is 2.68. The van der Waals surface area contributed by atoms with E-state index in [4.69, 9.17) is 18.9 Å². The van der Waals surface area contributed by atoms with Crippen LogP contribution in [0.1, 0.15) is 72.1 Å². The molecule has 0 aromatic rings. The highest BCUT2D eigenvalue weighted by molar-refractivity contribution is 5.53. The maximum Gasteiger partial charge on any atom is 0.146 e. The Labute approximate surface area is 188 Å². The van der Waals surface area contributed by atoms with Gasteiger partial charge in [0, 0.05) is 20.1 Å². The second kappa shape index (κ2) is 9.40. The Kier molecular flexibility index (Phi) is 7.18. The third-order valence-corrected chi connectivity index (χ3v) is 10.4. The van der Waals surface area contributed by atoms with Gasteiger partial charge in [-0.1, -0.05) is 20.8 Å². The SMILES string of the molecule is COCO[C@@H]1CC[C@]2(C)[C@H]3CC[C@]4(C)[C@@H]([C@H](C)C=O)CC[C@H]4[C@@H]3C[C@H](OCOC)[C@@H]2C1. The topological polar surface area (TPSA) is 54.0 Å². The molecule has 0 N–H and O–H groups in total. The molecule has 0 bridgehead atoms. The van der Waals surface area contributed by atoms with Gasteiger partial charge < -0.3 is 23.7 Å². The lowest BCUT2D eigenvalue weighted by Gasteiger charge is -2.63. The van der Waals surface area contributed by atoms with Crippen molar-refractivity contribution in [1.82, 2.24) is 0 Å². The van der Waals surface area contributed by atoms with Gasteiger partial charge in [0.15, 0.2) is 0 Å². The maximum atomic E-state index is 11.7. The van der Waals surface area contributed by atoms with Crippen molar-refractivity contribution in [3.63, 3.8) is 0 Å². The molecule has 4 aliphatic rings. The first-order chi connectivity index (χ1) is 14.9. The lowest BCUT2D eigenvalue weighted by Crippen LogP contribution is -2.59. The molecule has 0 unspecified atom stereocenters. The molecule has 0 amide bonds. The van der Waals surface area contributed by atoms with E-state index >= 15 is 0 Å². The Morgan fingerprint density at radius 2 is 1.55 bits per heavy atom. The van der Waals surface area contributed by atoms with Crippen LogP contribution in [0.2, 0.25) is 0 Å². The summed E-state index contributed by atoms with van der Waals surface area (Å²) in [5, 5.41) is 0. The van der Waals surface area contributed by atoms with E-state index in [1.165, 1.54) is 38.4 Å². The van der Waals surface area contributed by atoms with E-state index in [1.807, 2.05) is 0 Å². The van der Waals surface area contributed by atoms with Crippen LogP contribution < -0.4 is 0 Å². The molecule has 0 radical (unpaired) electrons. The quantitative estimate of drug-likeness (QED) is 0.393. The molecule has 5 nitrogen and oxygen atoms in total. The number of fused-ring (bicyclic) bond motifs is 5. The van der Waals surface area contributed by atoms with E-state index in [0.717, 1.165) is 25.2 Å². The van der Waals surface area contributed by atoms with Gasteiger partial charge in [-0.3, -0.25) is 0 Å². The average Bonchev–Trinajstić information content (AvgIpc) is 3.13. The normalized spacial score (nSPS) is 47.8. The predicted molar refractivity (Wildman–Crippen MR) is 119 cm³/mol. The number of aldehydes is 1. The Balaban J connectivity index is 1.59. The van der Waals surface area contributed by atoms with Crippen molar-refractivity contribution < 1.29 is 23.7 Å². The average molecular weight is 437 g/mol. The second-order valence-corrected chi connectivity index (χ2v) is 11.5. The zero-order valence-electron chi connectivity index (χ0n) is 20.3. The van der Waals surface area contributed by atoms with Crippen LogP contribution in [0.5, 0.6) is 0 Å². The Bertz CT molecular complexity index is 625. The molecule has 0 spiro atoms. The van der Waals surface area contributed by atoms with Gasteiger partial charge >= 0.3 is 0 Å². The van der Waals surface area contributed by atoms with E-state index in [-0.39, 0.29) is 18.1 Å². The number of carbonyl (C=O) groups excluding carboxylic acids is 1. The van der Waals surface area contributed by atoms with Crippen molar-refractivity contribution in [3.05, 3.63) is 0 Å². The number of hydrogen-bond acceptors (Lipinski definition) is 5. The number of methoxy groups -OCH3 is 2. The van der Waals surface area contributed by atoms with Crippen LogP contribution in [-0.2, 0) is 23.7 Å². The van der Waals surface area contributed by atoms with Crippen molar-refractivity contribution in [2.24, 2.45) is 46.3 Å². The number of ether oxygens (including phenoxy) is 4. The summed E-state index contributed by atoms with van der Waals surface area (Å²) in [4.78, 5) is 11.7. The summed E-state index contributed by atoms with van der Waals surface area (Å²) in [6, 6.07) is 0. The van der Waals surface area contributed by atoms with E-state index in [1.54, 1.807) is 14.2 Å². The fourth-order valence-corrected chi connectivity index (χ4v) is 8.89. The minimum Gasteiger partial charge on any atom is -0.359 e. The summed E-state index contributed by atoms with van der Waals surface area (Å²) >= 11 is 0. The van der Waals surface area contributed by atoms with Gasteiger partial charge in [-0.2, -0.15) is 0 Å². The molecular formula is C26H44O5. The van der Waals surface area contributed by atoms with Crippen LogP contribution in [-0.4, -0.2) is 46.3 Å². The minimum absolute atomic E-state index is 0.174. The molecule has 178 valence electrons. The molecule has 10 atom stereocenters. The summed E-state index contributed by atoms with van der Waals surface area (Å²) < 4.78 is 22.9. The van der Waals surface area contributed by atoms with Crippen LogP contribution in [0.15, 0.2) is 0 Å². The zero-order valence-corrected chi connectivity index (χ0v) is 20.3. The maximum absolute atomic E-state index is 11.7. The fourth-order valence-electron chi connectivity index (χ4n) is 8.89. The van der Waals surface area contributed by atoms with Crippen molar-refractivity contribution >= 4 is 6.29 Å². The summed E-state index contributed by atoms with van der Waals surface area (Å²) in [7, 11) is 3.41. The lowest BCUT2D eigenvalue weighted by molar-refractivity contribution is -0.214. The molecule has 0 aliphatic heterocycles. The molecule has 5 heteroatoms. The predicted octanol–water partition coefficient (Wildman–Crippen LogP) is 5.07. The molecule has 4 aliphatic carbocycles. The van der Waals surface area contributed by atoms with Crippen LogP contribution in [0.3, 0.4) is 0 Å². The molecule has 0 aromatic carbocycles. The first kappa shape index (κ1) is 23.7. The minimum atomic E-state index is 0.174. The molecule has 0 saturated heterocycles. The Morgan fingerprint density at radius 3 is 2.26 bits per heavy atom. The smallest absolute Gasteiger partial charge is 0.146 e. The first-order valence-electron chi connectivity index (χ1n) is 12.6. The standard InChI is InChI=1S/C26H44O5/c1-17(14-27)20-6-7-21-19-13-24(31-16-29-5)23-12-18(30-15-28-4)8-10-26(23,3)22(19)9-11-25(20,21)2/h14,17-24H,6-13,15-16H2,1-5H3/t17-,18-,19+,20-,21+,22+,23+,24+,25-,26-/m1/s1. The highest BCUT2D eigenvalue weighted by Gasteiger charge is 2.62. The van der Waals surface area contributed by atoms with Gasteiger partial charge in [0.25, 0.3) is 0 Å². The van der Waals surface area contributed by atoms with E-state index in [0.29, 0.717) is 48.1 Å². The summed E-state index contributed by atoms with van der Waals surface area (Å²) in [5.74, 6) is 3.39. The van der Waals surface area contributed by atoms with Crippen LogP contribution in [0.25, 0.3) is 0 Å². The van der Waals surface area contributed by atoms with Crippen molar-refractivity contribution in [3.8, 4) is 0 Å². The molecular weight excluding hydrogens is 392 g/mol. The van der Waals surface area contributed by atoms with Gasteiger partial charge in [0.2, 0.25) is 0 Å². The van der Waals surface area contributed by atoms with E-state index < -0.39 is 0 Å². The van der Waals surface area contributed by atoms with Gasteiger partial charge in [-0.05, 0) is 91.8 Å². The summed E-state index contributed by atoms with van der Waals surface area (Å²) in [6.45, 7) is 7.93. The monoisotopic (exact) mass is 436 g/mol. The Hall–Kier alpha value is -0.490.